The number of pyridine rings is 1. The van der Waals surface area contributed by atoms with Crippen molar-refractivity contribution in [3.05, 3.63) is 34.8 Å². The van der Waals surface area contributed by atoms with Crippen molar-refractivity contribution in [2.45, 2.75) is 25.3 Å². The molecule has 2 aromatic rings. The number of hydrogen-bond acceptors (Lipinski definition) is 2. The van der Waals surface area contributed by atoms with Gasteiger partial charge < -0.3 is 9.72 Å². The second-order valence-electron chi connectivity index (χ2n) is 4.31. The zero-order chi connectivity index (χ0) is 11.0. The van der Waals surface area contributed by atoms with Gasteiger partial charge in [-0.2, -0.15) is 0 Å². The molecule has 2 aromatic heterocycles. The van der Waals surface area contributed by atoms with Gasteiger partial charge in [0.2, 0.25) is 0 Å². The zero-order valence-electron chi connectivity index (χ0n) is 8.99. The second-order valence-corrected chi connectivity index (χ2v) is 5.23. The fraction of sp³-hybridized carbons (Fsp3) is 0.417. The highest BCUT2D eigenvalue weighted by atomic mass is 79.9. The summed E-state index contributed by atoms with van der Waals surface area (Å²) in [7, 11) is 0. The summed E-state index contributed by atoms with van der Waals surface area (Å²) in [5.41, 5.74) is 1.15. The van der Waals surface area contributed by atoms with Crippen LogP contribution < -0.4 is 5.32 Å². The summed E-state index contributed by atoms with van der Waals surface area (Å²) in [6, 6.07) is 4.76. The van der Waals surface area contributed by atoms with Crippen molar-refractivity contribution in [2.24, 2.45) is 0 Å². The van der Waals surface area contributed by atoms with E-state index in [2.05, 4.69) is 49.0 Å². The van der Waals surface area contributed by atoms with Crippen LogP contribution in [-0.2, 0) is 6.42 Å². The maximum atomic E-state index is 4.50. The number of fused-ring (bicyclic) bond motifs is 1. The van der Waals surface area contributed by atoms with Crippen LogP contribution in [-0.4, -0.2) is 22.0 Å². The Kier molecular flexibility index (Phi) is 2.69. The third-order valence-corrected chi connectivity index (χ3v) is 3.66. The molecule has 0 radical (unpaired) electrons. The van der Waals surface area contributed by atoms with Crippen molar-refractivity contribution in [1.82, 2.24) is 14.7 Å². The third-order valence-electron chi connectivity index (χ3n) is 3.16. The minimum atomic E-state index is 0.606. The standard InChI is InChI=1S/C12H14BrN3/c13-9-3-5-16-11(6-9)8-15-12(16)7-10-2-1-4-14-10/h3,5-6,8,10,14H,1-2,4,7H2. The molecule has 3 nitrogen and oxygen atoms in total. The van der Waals surface area contributed by atoms with E-state index in [0.29, 0.717) is 6.04 Å². The number of nitrogens with zero attached hydrogens (tertiary/aromatic N) is 2. The Morgan fingerprint density at radius 1 is 1.56 bits per heavy atom. The Hall–Kier alpha value is -0.870. The summed E-state index contributed by atoms with van der Waals surface area (Å²) in [5.74, 6) is 1.15. The fourth-order valence-corrected chi connectivity index (χ4v) is 2.68. The van der Waals surface area contributed by atoms with Crippen LogP contribution in [0.5, 0.6) is 0 Å². The maximum Gasteiger partial charge on any atom is 0.114 e. The average Bonchev–Trinajstić information content (AvgIpc) is 2.89. The second kappa shape index (κ2) is 4.18. The molecular weight excluding hydrogens is 266 g/mol. The van der Waals surface area contributed by atoms with E-state index in [1.807, 2.05) is 6.20 Å². The van der Waals surface area contributed by atoms with Crippen molar-refractivity contribution in [1.29, 1.82) is 0 Å². The molecule has 16 heavy (non-hydrogen) atoms. The lowest BCUT2D eigenvalue weighted by atomic mass is 10.1. The predicted molar refractivity (Wildman–Crippen MR) is 67.6 cm³/mol. The Labute approximate surface area is 103 Å². The van der Waals surface area contributed by atoms with E-state index in [0.717, 1.165) is 28.8 Å². The Morgan fingerprint density at radius 2 is 2.50 bits per heavy atom. The highest BCUT2D eigenvalue weighted by molar-refractivity contribution is 9.10. The Morgan fingerprint density at radius 3 is 3.31 bits per heavy atom. The molecule has 84 valence electrons. The molecule has 1 fully saturated rings. The van der Waals surface area contributed by atoms with Crippen LogP contribution in [0.15, 0.2) is 29.0 Å². The first-order valence-corrected chi connectivity index (χ1v) is 6.47. The lowest BCUT2D eigenvalue weighted by Crippen LogP contribution is -2.24. The molecule has 1 unspecified atom stereocenters. The largest absolute Gasteiger partial charge is 0.314 e. The molecule has 1 saturated heterocycles. The molecule has 1 atom stereocenters. The van der Waals surface area contributed by atoms with Crippen molar-refractivity contribution in [3.8, 4) is 0 Å². The molecule has 0 saturated carbocycles. The van der Waals surface area contributed by atoms with Crippen LogP contribution in [0.1, 0.15) is 18.7 Å². The predicted octanol–water partition coefficient (Wildman–Crippen LogP) is 2.39. The summed E-state index contributed by atoms with van der Waals surface area (Å²) in [6.07, 6.45) is 7.60. The molecular formula is C12H14BrN3. The Balaban J connectivity index is 1.91. The van der Waals surface area contributed by atoms with Crippen molar-refractivity contribution in [3.63, 3.8) is 0 Å². The zero-order valence-corrected chi connectivity index (χ0v) is 10.6. The van der Waals surface area contributed by atoms with Crippen LogP contribution in [0.4, 0.5) is 0 Å². The van der Waals surface area contributed by atoms with E-state index in [9.17, 15) is 0 Å². The Bertz CT molecular complexity index is 500. The van der Waals surface area contributed by atoms with Gasteiger partial charge in [0.25, 0.3) is 0 Å². The first-order chi connectivity index (χ1) is 7.83. The third kappa shape index (κ3) is 1.87. The van der Waals surface area contributed by atoms with Crippen molar-refractivity contribution in [2.75, 3.05) is 6.54 Å². The summed E-state index contributed by atoms with van der Waals surface area (Å²) in [6.45, 7) is 1.15. The van der Waals surface area contributed by atoms with Crippen LogP contribution in [0.3, 0.4) is 0 Å². The SMILES string of the molecule is Brc1ccn2c(CC3CCCN3)ncc2c1. The number of nitrogens with one attached hydrogen (secondary N) is 1. The van der Waals surface area contributed by atoms with Crippen molar-refractivity contribution < 1.29 is 0 Å². The van der Waals surface area contributed by atoms with Crippen LogP contribution in [0, 0.1) is 0 Å². The smallest absolute Gasteiger partial charge is 0.114 e. The van der Waals surface area contributed by atoms with E-state index in [1.54, 1.807) is 0 Å². The van der Waals surface area contributed by atoms with Crippen LogP contribution in [0.25, 0.3) is 5.52 Å². The van der Waals surface area contributed by atoms with E-state index in [4.69, 9.17) is 0 Å². The number of imidazole rings is 1. The molecule has 3 rings (SSSR count). The molecule has 1 aliphatic heterocycles. The molecule has 0 spiro atoms. The van der Waals surface area contributed by atoms with E-state index in [1.165, 1.54) is 12.8 Å². The first-order valence-electron chi connectivity index (χ1n) is 5.68. The van der Waals surface area contributed by atoms with E-state index in [-0.39, 0.29) is 0 Å². The van der Waals surface area contributed by atoms with Gasteiger partial charge in [-0.25, -0.2) is 4.98 Å². The topological polar surface area (TPSA) is 29.3 Å². The summed E-state index contributed by atoms with van der Waals surface area (Å²) >= 11 is 3.48. The number of hydrogen-bond donors (Lipinski definition) is 1. The normalized spacial score (nSPS) is 20.7. The molecule has 4 heteroatoms. The van der Waals surface area contributed by atoms with E-state index >= 15 is 0 Å². The molecule has 0 bridgehead atoms. The van der Waals surface area contributed by atoms with E-state index < -0.39 is 0 Å². The lowest BCUT2D eigenvalue weighted by molar-refractivity contribution is 0.584. The number of aromatic nitrogens is 2. The van der Waals surface area contributed by atoms with Gasteiger partial charge in [0.05, 0.1) is 11.7 Å². The van der Waals surface area contributed by atoms with Crippen LogP contribution in [0.2, 0.25) is 0 Å². The van der Waals surface area contributed by atoms with Crippen LogP contribution >= 0.6 is 15.9 Å². The van der Waals surface area contributed by atoms with Gasteiger partial charge in [0, 0.05) is 23.1 Å². The minimum Gasteiger partial charge on any atom is -0.314 e. The molecule has 0 amide bonds. The lowest BCUT2D eigenvalue weighted by Gasteiger charge is -2.08. The van der Waals surface area contributed by atoms with Crippen molar-refractivity contribution >= 4 is 21.4 Å². The van der Waals surface area contributed by atoms with Gasteiger partial charge in [-0.15, -0.1) is 0 Å². The fourth-order valence-electron chi connectivity index (χ4n) is 2.33. The first kappa shape index (κ1) is 10.3. The number of halogens is 1. The molecule has 3 heterocycles. The molecule has 0 aliphatic carbocycles. The average molecular weight is 280 g/mol. The van der Waals surface area contributed by atoms with Gasteiger partial charge in [-0.1, -0.05) is 15.9 Å². The van der Waals surface area contributed by atoms with Gasteiger partial charge in [-0.3, -0.25) is 0 Å². The maximum absolute atomic E-state index is 4.50. The summed E-state index contributed by atoms with van der Waals surface area (Å²) < 4.78 is 3.27. The van der Waals surface area contributed by atoms with Gasteiger partial charge in [0.1, 0.15) is 5.82 Å². The molecule has 1 aliphatic rings. The highest BCUT2D eigenvalue weighted by Crippen LogP contribution is 2.17. The monoisotopic (exact) mass is 279 g/mol. The summed E-state index contributed by atoms with van der Waals surface area (Å²) in [4.78, 5) is 4.50. The minimum absolute atomic E-state index is 0.606. The molecule has 0 aromatic carbocycles. The van der Waals surface area contributed by atoms with Gasteiger partial charge >= 0.3 is 0 Å². The molecule has 1 N–H and O–H groups in total. The summed E-state index contributed by atoms with van der Waals surface area (Å²) in [5, 5.41) is 3.51. The number of rotatable bonds is 2. The quantitative estimate of drug-likeness (QED) is 0.915. The van der Waals surface area contributed by atoms with Gasteiger partial charge in [-0.05, 0) is 31.5 Å². The highest BCUT2D eigenvalue weighted by Gasteiger charge is 2.16. The van der Waals surface area contributed by atoms with Gasteiger partial charge in [0.15, 0.2) is 0 Å².